The van der Waals surface area contributed by atoms with Gasteiger partial charge in [0.05, 0.1) is 0 Å². The molecule has 0 aliphatic rings. The Bertz CT molecular complexity index is 136. The zero-order valence-corrected chi connectivity index (χ0v) is 13.5. The maximum atomic E-state index is 10.5. The molecule has 0 unspecified atom stereocenters. The molecule has 0 atom stereocenters. The van der Waals surface area contributed by atoms with E-state index in [9.17, 15) is 4.79 Å². The molecule has 1 radical (unpaired) electrons. The van der Waals surface area contributed by atoms with E-state index in [-0.39, 0.29) is 38.6 Å². The second kappa shape index (κ2) is 14.6. The molecule has 0 heterocycles. The Morgan fingerprint density at radius 1 is 1.13 bits per heavy atom. The van der Waals surface area contributed by atoms with E-state index in [1.807, 2.05) is 0 Å². The van der Waals surface area contributed by atoms with E-state index in [2.05, 4.69) is 46.9 Å². The average Bonchev–Trinajstić information content (AvgIpc) is 2.14. The van der Waals surface area contributed by atoms with Crippen molar-refractivity contribution >= 4 is 5.91 Å². The third-order valence-electron chi connectivity index (χ3n) is 1.51. The number of hydrogen-bond donors (Lipinski definition) is 1. The summed E-state index contributed by atoms with van der Waals surface area (Å²) in [5, 5.41) is 2.73. The van der Waals surface area contributed by atoms with Crippen LogP contribution >= 0.6 is 0 Å². The van der Waals surface area contributed by atoms with Crippen molar-refractivity contribution in [3.63, 3.8) is 0 Å². The van der Waals surface area contributed by atoms with Crippen molar-refractivity contribution in [2.75, 3.05) is 6.54 Å². The van der Waals surface area contributed by atoms with Gasteiger partial charge in [0.25, 0.3) is 0 Å². The predicted molar refractivity (Wildman–Crippen MR) is 62.6 cm³/mol. The maximum absolute atomic E-state index is 10.5. The Morgan fingerprint density at radius 2 is 1.53 bits per heavy atom. The molecular weight excluding hydrogens is 263 g/mol. The first-order valence-corrected chi connectivity index (χ1v) is 5.29. The minimum Gasteiger partial charge on any atom is -0.358 e. The number of carbonyl (C=O) groups is 1. The molecular formula is C12H25NOY-2. The molecule has 0 bridgehead atoms. The van der Waals surface area contributed by atoms with Gasteiger partial charge >= 0.3 is 0 Å². The SMILES string of the molecule is [CH2-]CC(=O)NCC(C)C.[CH2-]CC(C)C.[Y]. The van der Waals surface area contributed by atoms with Crippen molar-refractivity contribution in [2.24, 2.45) is 11.8 Å². The summed E-state index contributed by atoms with van der Waals surface area (Å²) in [4.78, 5) is 10.5. The van der Waals surface area contributed by atoms with E-state index in [0.717, 1.165) is 18.9 Å². The van der Waals surface area contributed by atoms with Crippen LogP contribution in [0.25, 0.3) is 0 Å². The van der Waals surface area contributed by atoms with Gasteiger partial charge in [-0.25, -0.2) is 0 Å². The van der Waals surface area contributed by atoms with Crippen LogP contribution < -0.4 is 5.32 Å². The number of rotatable bonds is 4. The molecule has 0 aromatic heterocycles. The minimum absolute atomic E-state index is 0. The molecule has 89 valence electrons. The fraction of sp³-hybridized carbons (Fsp3) is 0.750. The number of amides is 1. The normalized spacial score (nSPS) is 9.07. The van der Waals surface area contributed by atoms with E-state index in [0.29, 0.717) is 12.3 Å². The topological polar surface area (TPSA) is 29.1 Å². The first kappa shape index (κ1) is 20.9. The summed E-state index contributed by atoms with van der Waals surface area (Å²) in [6, 6.07) is 0. The van der Waals surface area contributed by atoms with Gasteiger partial charge in [-0.1, -0.05) is 33.6 Å². The molecule has 3 heteroatoms. The molecule has 15 heavy (non-hydrogen) atoms. The Morgan fingerprint density at radius 3 is 1.73 bits per heavy atom. The van der Waals surface area contributed by atoms with Crippen LogP contribution in [-0.4, -0.2) is 12.5 Å². The number of hydrogen-bond acceptors (Lipinski definition) is 1. The third kappa shape index (κ3) is 25.1. The zero-order valence-electron chi connectivity index (χ0n) is 10.7. The van der Waals surface area contributed by atoms with Crippen LogP contribution in [0.5, 0.6) is 0 Å². The molecule has 0 aliphatic heterocycles. The molecule has 0 saturated heterocycles. The van der Waals surface area contributed by atoms with E-state index >= 15 is 0 Å². The maximum Gasteiger partial charge on any atom is 0.189 e. The van der Waals surface area contributed by atoms with Crippen molar-refractivity contribution in [3.8, 4) is 0 Å². The summed E-state index contributed by atoms with van der Waals surface area (Å²) in [6.45, 7) is 16.3. The number of carbonyl (C=O) groups excluding carboxylic acids is 1. The molecule has 0 saturated carbocycles. The van der Waals surface area contributed by atoms with Gasteiger partial charge < -0.3 is 19.2 Å². The second-order valence-corrected chi connectivity index (χ2v) is 4.13. The van der Waals surface area contributed by atoms with Crippen molar-refractivity contribution in [1.82, 2.24) is 5.32 Å². The first-order valence-electron chi connectivity index (χ1n) is 5.29. The summed E-state index contributed by atoms with van der Waals surface area (Å²) in [5.41, 5.74) is 0. The van der Waals surface area contributed by atoms with Crippen LogP contribution in [-0.2, 0) is 37.5 Å². The monoisotopic (exact) mass is 288 g/mol. The Labute approximate surface area is 121 Å². The van der Waals surface area contributed by atoms with Gasteiger partial charge in [0.1, 0.15) is 0 Å². The van der Waals surface area contributed by atoms with Gasteiger partial charge in [-0.15, -0.1) is 6.42 Å². The molecule has 0 aromatic rings. The molecule has 0 aromatic carbocycles. The molecule has 0 fully saturated rings. The summed E-state index contributed by atoms with van der Waals surface area (Å²) >= 11 is 0. The number of nitrogens with one attached hydrogen (secondary N) is 1. The summed E-state index contributed by atoms with van der Waals surface area (Å²) in [5.74, 6) is 1.33. The van der Waals surface area contributed by atoms with E-state index in [1.165, 1.54) is 0 Å². The van der Waals surface area contributed by atoms with E-state index in [1.54, 1.807) is 0 Å². The van der Waals surface area contributed by atoms with Crippen LogP contribution in [0.3, 0.4) is 0 Å². The zero-order chi connectivity index (χ0) is 11.6. The average molecular weight is 288 g/mol. The third-order valence-corrected chi connectivity index (χ3v) is 1.51. The van der Waals surface area contributed by atoms with Crippen LogP contribution in [0.4, 0.5) is 0 Å². The van der Waals surface area contributed by atoms with E-state index < -0.39 is 0 Å². The predicted octanol–water partition coefficient (Wildman–Crippen LogP) is 2.85. The van der Waals surface area contributed by atoms with Crippen molar-refractivity contribution in [2.45, 2.75) is 40.5 Å². The molecule has 1 N–H and O–H groups in total. The molecule has 0 rings (SSSR count). The van der Waals surface area contributed by atoms with Gasteiger partial charge in [0.2, 0.25) is 0 Å². The van der Waals surface area contributed by atoms with E-state index in [4.69, 9.17) is 0 Å². The smallest absolute Gasteiger partial charge is 0.189 e. The van der Waals surface area contributed by atoms with Gasteiger partial charge in [-0.05, 0) is 5.92 Å². The van der Waals surface area contributed by atoms with Crippen LogP contribution in [0.1, 0.15) is 40.5 Å². The van der Waals surface area contributed by atoms with Gasteiger partial charge in [0.15, 0.2) is 5.91 Å². The molecule has 0 spiro atoms. The van der Waals surface area contributed by atoms with Crippen molar-refractivity contribution in [1.29, 1.82) is 0 Å². The van der Waals surface area contributed by atoms with Crippen LogP contribution in [0.15, 0.2) is 0 Å². The van der Waals surface area contributed by atoms with Crippen molar-refractivity contribution < 1.29 is 37.5 Å². The van der Waals surface area contributed by atoms with Crippen LogP contribution in [0.2, 0.25) is 0 Å². The molecule has 0 aliphatic carbocycles. The fourth-order valence-corrected chi connectivity index (χ4v) is 0.406. The van der Waals surface area contributed by atoms with Gasteiger partial charge in [-0.3, -0.25) is 4.79 Å². The summed E-state index contributed by atoms with van der Waals surface area (Å²) in [6.07, 6.45) is 1.40. The Kier molecular flexibility index (Phi) is 20.3. The van der Waals surface area contributed by atoms with Crippen molar-refractivity contribution in [3.05, 3.63) is 13.8 Å². The summed E-state index contributed by atoms with van der Waals surface area (Å²) in [7, 11) is 0. The summed E-state index contributed by atoms with van der Waals surface area (Å²) < 4.78 is 0. The van der Waals surface area contributed by atoms with Gasteiger partial charge in [0, 0.05) is 39.3 Å². The quantitative estimate of drug-likeness (QED) is 0.792. The molecule has 1 amide bonds. The standard InChI is InChI=1S/C7H14NO.C5H11.Y/c1-4-7(9)8-5-6(2)3;1-4-5(2)3;/h6H,1,4-5H2,2-3H3,(H,8,9);5H,1,4H2,2-3H3;/q2*-1;. The second-order valence-electron chi connectivity index (χ2n) is 4.13. The minimum atomic E-state index is 0. The Balaban J connectivity index is -0.000000208. The van der Waals surface area contributed by atoms with Crippen LogP contribution in [0, 0.1) is 25.7 Å². The Hall–Kier alpha value is 0.574. The fourth-order valence-electron chi connectivity index (χ4n) is 0.406. The largest absolute Gasteiger partial charge is 0.358 e. The van der Waals surface area contributed by atoms with Gasteiger partial charge in [-0.2, -0.15) is 6.42 Å². The first-order chi connectivity index (χ1) is 6.43. The molecule has 2 nitrogen and oxygen atoms in total.